The number of benzene rings is 5. The van der Waals surface area contributed by atoms with Crippen LogP contribution in [-0.4, -0.2) is 83.0 Å². The van der Waals surface area contributed by atoms with Gasteiger partial charge < -0.3 is 46.2 Å². The Morgan fingerprint density at radius 3 is 1.76 bits per heavy atom. The van der Waals surface area contributed by atoms with Crippen LogP contribution in [0.15, 0.2) is 157 Å². The Morgan fingerprint density at radius 1 is 0.620 bits per heavy atom. The van der Waals surface area contributed by atoms with Gasteiger partial charge in [0.25, 0.3) is 0 Å². The fraction of sp³-hybridized carbons (Fsp3) is 0.203. The summed E-state index contributed by atoms with van der Waals surface area (Å²) < 4.78 is 68.4. The molecule has 0 fully saturated rings. The van der Waals surface area contributed by atoms with Gasteiger partial charge in [-0.1, -0.05) is 98.3 Å². The van der Waals surface area contributed by atoms with Crippen LogP contribution < -0.4 is 19.1 Å². The van der Waals surface area contributed by atoms with Crippen molar-refractivity contribution < 1.29 is 36.8 Å². The van der Waals surface area contributed by atoms with Gasteiger partial charge in [-0.3, -0.25) is 0 Å². The first kappa shape index (κ1) is 50.6. The number of ether oxygens (including phenoxy) is 5. The highest BCUT2D eigenvalue weighted by Gasteiger charge is 2.56. The van der Waals surface area contributed by atoms with Crippen molar-refractivity contribution >= 4 is 83.0 Å². The average Bonchev–Trinajstić information content (AvgIpc) is 3.96. The van der Waals surface area contributed by atoms with E-state index in [1.807, 2.05) is 177 Å². The molecular weight excluding hydrogens is 1010 g/mol. The average molecular weight is 1070 g/mol. The molecule has 0 radical (unpaired) electrons. The molecule has 0 unspecified atom stereocenters. The van der Waals surface area contributed by atoms with Crippen molar-refractivity contribution in [1.82, 2.24) is 4.48 Å². The molecule has 0 amide bonds. The van der Waals surface area contributed by atoms with E-state index in [0.29, 0.717) is 84.0 Å². The number of halogens is 3. The molecule has 0 bridgehead atoms. The molecule has 71 heavy (non-hydrogen) atoms. The van der Waals surface area contributed by atoms with Crippen molar-refractivity contribution in [2.45, 2.75) is 19.8 Å². The Bertz CT molecular complexity index is 2990. The van der Waals surface area contributed by atoms with E-state index in [1.165, 1.54) is 8.96 Å². The summed E-state index contributed by atoms with van der Waals surface area (Å²) in [6, 6.07) is 41.2. The molecule has 5 aromatic carbocycles. The van der Waals surface area contributed by atoms with E-state index in [9.17, 15) is 0 Å². The Labute approximate surface area is 430 Å². The van der Waals surface area contributed by atoms with Crippen molar-refractivity contribution in [2.24, 2.45) is 0 Å². The molecular formula is C59H59BF2IN3O5. The normalized spacial score (nSPS) is 14.3. The maximum absolute atomic E-state index is 18.5. The lowest BCUT2D eigenvalue weighted by molar-refractivity contribution is -0.361. The Kier molecular flexibility index (Phi) is 17.1. The van der Waals surface area contributed by atoms with Crippen molar-refractivity contribution in [3.8, 4) is 17.2 Å². The smallest absolute Gasteiger partial charge is 0.497 e. The summed E-state index contributed by atoms with van der Waals surface area (Å²) in [6.07, 6.45) is 19.1. The lowest BCUT2D eigenvalue weighted by Crippen LogP contribution is -2.51. The molecule has 2 aliphatic heterocycles. The number of nitrogens with zero attached hydrogens (tertiary/aromatic N) is 3. The third kappa shape index (κ3) is 12.4. The Hall–Kier alpha value is -6.74. The largest absolute Gasteiger partial charge is 0.737 e. The van der Waals surface area contributed by atoms with Gasteiger partial charge in [0.15, 0.2) is 11.4 Å². The molecule has 0 saturated heterocycles. The number of hydrogen-bond acceptors (Lipinski definition) is 6. The molecule has 2 aliphatic rings. The summed E-state index contributed by atoms with van der Waals surface area (Å²) >= 11 is 2.29. The molecule has 0 aliphatic carbocycles. The number of hydrogen-bond donors (Lipinski definition) is 0. The fourth-order valence-electron chi connectivity index (χ4n) is 8.44. The molecule has 6 aromatic rings. The zero-order valence-corrected chi connectivity index (χ0v) is 43.0. The van der Waals surface area contributed by atoms with Gasteiger partial charge in [-0.15, -0.1) is 0 Å². The zero-order valence-electron chi connectivity index (χ0n) is 40.9. The van der Waals surface area contributed by atoms with Crippen LogP contribution in [0.2, 0.25) is 0 Å². The van der Waals surface area contributed by atoms with Gasteiger partial charge in [-0.25, -0.2) is 0 Å². The van der Waals surface area contributed by atoms with E-state index < -0.39 is 6.97 Å². The van der Waals surface area contributed by atoms with Crippen molar-refractivity contribution in [3.63, 3.8) is 0 Å². The van der Waals surface area contributed by atoms with E-state index in [4.69, 9.17) is 23.7 Å². The van der Waals surface area contributed by atoms with Gasteiger partial charge in [0.1, 0.15) is 23.9 Å². The predicted molar refractivity (Wildman–Crippen MR) is 297 cm³/mol. The van der Waals surface area contributed by atoms with Crippen molar-refractivity contribution in [2.75, 3.05) is 66.2 Å². The molecule has 0 saturated carbocycles. The quantitative estimate of drug-likeness (QED) is 0.0384. The summed E-state index contributed by atoms with van der Waals surface area (Å²) in [4.78, 5) is 2.05. The van der Waals surface area contributed by atoms with Crippen LogP contribution in [0.25, 0.3) is 42.0 Å². The highest BCUT2D eigenvalue weighted by atomic mass is 127. The molecule has 12 heteroatoms. The predicted octanol–water partition coefficient (Wildman–Crippen LogP) is 13.5. The van der Waals surface area contributed by atoms with Crippen LogP contribution in [0.5, 0.6) is 17.2 Å². The van der Waals surface area contributed by atoms with Crippen molar-refractivity contribution in [1.29, 1.82) is 0 Å². The monoisotopic (exact) mass is 1070 g/mol. The second-order valence-electron chi connectivity index (χ2n) is 17.3. The van der Waals surface area contributed by atoms with Crippen LogP contribution in [0.3, 0.4) is 0 Å². The summed E-state index contributed by atoms with van der Waals surface area (Å²) in [5.74, 6) is 2.19. The minimum absolute atomic E-state index is 0.356. The first-order valence-corrected chi connectivity index (χ1v) is 25.0. The van der Waals surface area contributed by atoms with Crippen LogP contribution in [0.4, 0.5) is 14.3 Å². The summed E-state index contributed by atoms with van der Waals surface area (Å²) in [7, 11) is 7.26. The number of fused-ring (bicyclic) bond motifs is 2. The van der Waals surface area contributed by atoms with Crippen LogP contribution >= 0.6 is 22.6 Å². The number of methoxy groups -OCH3 is 2. The first-order valence-electron chi connectivity index (χ1n) is 23.9. The second kappa shape index (κ2) is 23.9. The number of allylic oxidation sites excluding steroid dienone is 3. The number of aromatic nitrogens is 1. The molecule has 0 spiro atoms. The van der Waals surface area contributed by atoms with E-state index in [1.54, 1.807) is 26.4 Å². The second-order valence-corrected chi connectivity index (χ2v) is 18.6. The minimum Gasteiger partial charge on any atom is -0.497 e. The van der Waals surface area contributed by atoms with Crippen LogP contribution in [0.1, 0.15) is 64.5 Å². The SMILES string of the molecule is CCCCOc1ccc(/C=C/c2cc(/C=C/c3ccc(OCCOCCOC)cc3)c3n2[B-](F)(F)[N+]2=C(/C=C/c4ccc(OC)cc4)C=C(/C=C/c4ccc(N(C)C)cc4)C2=C3c2ccc(I)cc2)cc1. The number of unbranched alkanes of at least 4 members (excludes halogenated alkanes) is 1. The van der Waals surface area contributed by atoms with Gasteiger partial charge in [-0.2, -0.15) is 0 Å². The van der Waals surface area contributed by atoms with Gasteiger partial charge in [0.05, 0.1) is 39.1 Å². The van der Waals surface area contributed by atoms with Crippen molar-refractivity contribution in [3.05, 3.63) is 205 Å². The van der Waals surface area contributed by atoms with Crippen LogP contribution in [-0.2, 0) is 9.47 Å². The summed E-state index contributed by atoms with van der Waals surface area (Å²) in [5.41, 5.74) is 8.95. The van der Waals surface area contributed by atoms with Crippen LogP contribution in [0, 0.1) is 3.57 Å². The Balaban J connectivity index is 1.29. The van der Waals surface area contributed by atoms with E-state index in [2.05, 4.69) is 41.6 Å². The topological polar surface area (TPSA) is 57.3 Å². The number of rotatable bonds is 22. The van der Waals surface area contributed by atoms with E-state index in [-0.39, 0.29) is 0 Å². The lowest BCUT2D eigenvalue weighted by atomic mass is 9.83. The van der Waals surface area contributed by atoms with Gasteiger partial charge >= 0.3 is 6.97 Å². The molecule has 0 N–H and O–H groups in total. The maximum Gasteiger partial charge on any atom is 0.737 e. The molecule has 1 aromatic heterocycles. The summed E-state index contributed by atoms with van der Waals surface area (Å²) in [5, 5.41) is 0. The highest BCUT2D eigenvalue weighted by molar-refractivity contribution is 14.1. The standard InChI is InChI=1S/C59H59BF2IN3O5/c1-6-7-36-70-55-32-18-46(19-33-55)13-29-53-42-49(21-9-44-16-34-56(35-17-44)71-40-39-69-38-37-67-4)59-57(47-22-24-50(63)25-23-47)58-48(20-8-43-10-26-51(27-11-43)64(2)3)41-52(65(58)60(61,62)66(53)59)28-12-45-14-30-54(68-5)31-15-45/h8-35,41-42H,6-7,36-40H2,1-5H3/b20-8+,21-9+,28-12+,29-13+. The van der Waals surface area contributed by atoms with Gasteiger partial charge in [0.2, 0.25) is 0 Å². The fourth-order valence-corrected chi connectivity index (χ4v) is 8.80. The van der Waals surface area contributed by atoms with E-state index >= 15 is 8.63 Å². The third-order valence-corrected chi connectivity index (χ3v) is 12.9. The number of anilines is 1. The zero-order chi connectivity index (χ0) is 49.7. The van der Waals surface area contributed by atoms with E-state index in [0.717, 1.165) is 55.7 Å². The Morgan fingerprint density at radius 2 is 1.17 bits per heavy atom. The van der Waals surface area contributed by atoms with Gasteiger partial charge in [-0.05, 0) is 147 Å². The first-order chi connectivity index (χ1) is 34.6. The molecule has 0 atom stereocenters. The lowest BCUT2D eigenvalue weighted by Gasteiger charge is -2.34. The third-order valence-electron chi connectivity index (χ3n) is 12.2. The maximum atomic E-state index is 18.5. The molecule has 3 heterocycles. The molecule has 364 valence electrons. The van der Waals surface area contributed by atoms with Gasteiger partial charge in [0, 0.05) is 59.6 Å². The molecule has 8 nitrogen and oxygen atoms in total. The minimum atomic E-state index is -4.54. The molecule has 8 rings (SSSR count). The summed E-state index contributed by atoms with van der Waals surface area (Å²) in [6.45, 7) is 0.0942. The highest BCUT2D eigenvalue weighted by Crippen LogP contribution is 2.46.